The van der Waals surface area contributed by atoms with Crippen molar-refractivity contribution < 1.29 is 4.79 Å². The van der Waals surface area contributed by atoms with Crippen molar-refractivity contribution in [1.82, 2.24) is 20.1 Å². The molecule has 1 atom stereocenters. The molecule has 1 N–H and O–H groups in total. The molecule has 0 saturated heterocycles. The van der Waals surface area contributed by atoms with Crippen molar-refractivity contribution in [3.8, 4) is 0 Å². The Morgan fingerprint density at radius 2 is 2.00 bits per heavy atom. The van der Waals surface area contributed by atoms with E-state index in [1.54, 1.807) is 0 Å². The number of carbonyl (C=O) groups excluding carboxylic acids is 1. The molecule has 1 aromatic carbocycles. The molecule has 0 bridgehead atoms. The van der Waals surface area contributed by atoms with Crippen LogP contribution in [0, 0.1) is 0 Å². The van der Waals surface area contributed by atoms with E-state index in [9.17, 15) is 4.79 Å². The number of nitrogens with one attached hydrogen (secondary N) is 1. The Kier molecular flexibility index (Phi) is 6.13. The molecule has 6 heteroatoms. The van der Waals surface area contributed by atoms with E-state index in [2.05, 4.69) is 27.0 Å². The molecule has 1 fully saturated rings. The normalized spacial score (nSPS) is 16.1. The highest BCUT2D eigenvalue weighted by Gasteiger charge is 2.24. The molecule has 0 aliphatic heterocycles. The topological polar surface area (TPSA) is 59.8 Å². The van der Waals surface area contributed by atoms with Crippen LogP contribution >= 0.6 is 11.8 Å². The number of nitrogens with zero attached hydrogens (tertiary/aromatic N) is 3. The molecule has 25 heavy (non-hydrogen) atoms. The first kappa shape index (κ1) is 18.0. The van der Waals surface area contributed by atoms with Crippen LogP contribution in [0.2, 0.25) is 0 Å². The van der Waals surface area contributed by atoms with E-state index in [1.165, 1.54) is 37.4 Å². The lowest BCUT2D eigenvalue weighted by atomic mass is 10.1. The summed E-state index contributed by atoms with van der Waals surface area (Å²) in [5.74, 6) is 2.02. The molecule has 0 radical (unpaired) electrons. The van der Waals surface area contributed by atoms with Gasteiger partial charge in [0.25, 0.3) is 0 Å². The van der Waals surface area contributed by atoms with Gasteiger partial charge in [-0.3, -0.25) is 4.79 Å². The van der Waals surface area contributed by atoms with Gasteiger partial charge in [0.2, 0.25) is 5.91 Å². The second kappa shape index (κ2) is 8.52. The van der Waals surface area contributed by atoms with Gasteiger partial charge in [0.15, 0.2) is 5.16 Å². The smallest absolute Gasteiger partial charge is 0.230 e. The highest BCUT2D eigenvalue weighted by atomic mass is 32.2. The molecule has 2 aromatic rings. The minimum absolute atomic E-state index is 0.00685. The molecule has 1 amide bonds. The number of hydrogen-bond acceptors (Lipinski definition) is 4. The van der Waals surface area contributed by atoms with Crippen molar-refractivity contribution in [2.45, 2.75) is 63.2 Å². The third kappa shape index (κ3) is 4.42. The Hall–Kier alpha value is -1.82. The number of benzene rings is 1. The first-order valence-electron chi connectivity index (χ1n) is 9.09. The van der Waals surface area contributed by atoms with Crippen molar-refractivity contribution in [2.75, 3.05) is 5.75 Å². The first-order chi connectivity index (χ1) is 12.2. The Bertz CT molecular complexity index is 695. The van der Waals surface area contributed by atoms with Crippen molar-refractivity contribution in [3.05, 3.63) is 41.7 Å². The standard InChI is InChI=1S/C19H26N4OS/c1-3-23-18(16-11-7-8-12-16)21-22-19(23)25-13-17(24)20-14(2)15-9-5-4-6-10-15/h4-6,9-10,14,16H,3,7-8,11-13H2,1-2H3,(H,20,24). The molecule has 3 rings (SSSR count). The van der Waals surface area contributed by atoms with Crippen LogP contribution in [0.1, 0.15) is 62.9 Å². The van der Waals surface area contributed by atoms with Crippen LogP contribution in [-0.2, 0) is 11.3 Å². The summed E-state index contributed by atoms with van der Waals surface area (Å²) in [4.78, 5) is 12.3. The number of rotatable bonds is 7. The summed E-state index contributed by atoms with van der Waals surface area (Å²) < 4.78 is 2.18. The van der Waals surface area contributed by atoms with Crippen molar-refractivity contribution in [2.24, 2.45) is 0 Å². The molecule has 1 aliphatic carbocycles. The predicted octanol–water partition coefficient (Wildman–Crippen LogP) is 3.93. The van der Waals surface area contributed by atoms with Gasteiger partial charge in [-0.05, 0) is 32.3 Å². The van der Waals surface area contributed by atoms with Gasteiger partial charge in [-0.15, -0.1) is 10.2 Å². The maximum Gasteiger partial charge on any atom is 0.230 e. The summed E-state index contributed by atoms with van der Waals surface area (Å²) >= 11 is 1.47. The average Bonchev–Trinajstić information content (AvgIpc) is 3.29. The van der Waals surface area contributed by atoms with Gasteiger partial charge in [0, 0.05) is 12.5 Å². The first-order valence-corrected chi connectivity index (χ1v) is 10.1. The number of thioether (sulfide) groups is 1. The second-order valence-corrected chi connectivity index (χ2v) is 7.50. The van der Waals surface area contributed by atoms with Crippen LogP contribution in [0.5, 0.6) is 0 Å². The molecule has 5 nitrogen and oxygen atoms in total. The molecular weight excluding hydrogens is 332 g/mol. The van der Waals surface area contributed by atoms with Crippen LogP contribution in [0.4, 0.5) is 0 Å². The van der Waals surface area contributed by atoms with E-state index >= 15 is 0 Å². The Balaban J connectivity index is 1.57. The third-order valence-corrected chi connectivity index (χ3v) is 5.76. The SMILES string of the molecule is CCn1c(SCC(=O)NC(C)c2ccccc2)nnc1C1CCCC1. The quantitative estimate of drug-likeness (QED) is 0.762. The fourth-order valence-electron chi connectivity index (χ4n) is 3.43. The summed E-state index contributed by atoms with van der Waals surface area (Å²) in [5, 5.41) is 12.7. The van der Waals surface area contributed by atoms with E-state index in [0.717, 1.165) is 23.1 Å². The zero-order valence-corrected chi connectivity index (χ0v) is 15.8. The number of hydrogen-bond donors (Lipinski definition) is 1. The van der Waals surface area contributed by atoms with E-state index < -0.39 is 0 Å². The van der Waals surface area contributed by atoms with Gasteiger partial charge in [-0.1, -0.05) is 54.9 Å². The monoisotopic (exact) mass is 358 g/mol. The molecule has 1 aromatic heterocycles. The van der Waals surface area contributed by atoms with Crippen molar-refractivity contribution >= 4 is 17.7 Å². The maximum atomic E-state index is 12.3. The van der Waals surface area contributed by atoms with Crippen LogP contribution in [0.25, 0.3) is 0 Å². The highest BCUT2D eigenvalue weighted by Crippen LogP contribution is 2.34. The lowest BCUT2D eigenvalue weighted by Gasteiger charge is -2.14. The summed E-state index contributed by atoms with van der Waals surface area (Å²) in [7, 11) is 0. The molecule has 134 valence electrons. The molecule has 1 aliphatic rings. The van der Waals surface area contributed by atoms with Crippen LogP contribution in [0.3, 0.4) is 0 Å². The number of carbonyl (C=O) groups is 1. The van der Waals surface area contributed by atoms with E-state index in [4.69, 9.17) is 0 Å². The highest BCUT2D eigenvalue weighted by molar-refractivity contribution is 7.99. The Morgan fingerprint density at radius 3 is 2.68 bits per heavy atom. The maximum absolute atomic E-state index is 12.3. The van der Waals surface area contributed by atoms with Gasteiger partial charge in [0.1, 0.15) is 5.82 Å². The van der Waals surface area contributed by atoms with Gasteiger partial charge in [0.05, 0.1) is 11.8 Å². The van der Waals surface area contributed by atoms with Gasteiger partial charge in [-0.25, -0.2) is 0 Å². The van der Waals surface area contributed by atoms with E-state index in [1.807, 2.05) is 37.3 Å². The summed E-state index contributed by atoms with van der Waals surface area (Å²) in [6, 6.07) is 10.0. The van der Waals surface area contributed by atoms with Gasteiger partial charge < -0.3 is 9.88 Å². The summed E-state index contributed by atoms with van der Waals surface area (Å²) in [6.07, 6.45) is 4.97. The van der Waals surface area contributed by atoms with Gasteiger partial charge >= 0.3 is 0 Å². The molecule has 0 spiro atoms. The van der Waals surface area contributed by atoms with E-state index in [-0.39, 0.29) is 11.9 Å². The minimum Gasteiger partial charge on any atom is -0.349 e. The largest absolute Gasteiger partial charge is 0.349 e. The van der Waals surface area contributed by atoms with Crippen molar-refractivity contribution in [1.29, 1.82) is 0 Å². The Morgan fingerprint density at radius 1 is 1.28 bits per heavy atom. The number of aromatic nitrogens is 3. The summed E-state index contributed by atoms with van der Waals surface area (Å²) in [6.45, 7) is 4.97. The minimum atomic E-state index is 0.00685. The third-order valence-electron chi connectivity index (χ3n) is 4.79. The van der Waals surface area contributed by atoms with Crippen LogP contribution in [0.15, 0.2) is 35.5 Å². The Labute approximate surface area is 153 Å². The molecular formula is C19H26N4OS. The lowest BCUT2D eigenvalue weighted by Crippen LogP contribution is -2.28. The molecule has 1 unspecified atom stereocenters. The molecule has 1 heterocycles. The van der Waals surface area contributed by atoms with Gasteiger partial charge in [-0.2, -0.15) is 0 Å². The number of amides is 1. The van der Waals surface area contributed by atoms with Crippen LogP contribution < -0.4 is 5.32 Å². The zero-order chi connectivity index (χ0) is 17.6. The second-order valence-electron chi connectivity index (χ2n) is 6.55. The van der Waals surface area contributed by atoms with Crippen molar-refractivity contribution in [3.63, 3.8) is 0 Å². The fourth-order valence-corrected chi connectivity index (χ4v) is 4.25. The summed E-state index contributed by atoms with van der Waals surface area (Å²) in [5.41, 5.74) is 1.11. The zero-order valence-electron chi connectivity index (χ0n) is 14.9. The van der Waals surface area contributed by atoms with E-state index in [0.29, 0.717) is 11.7 Å². The lowest BCUT2D eigenvalue weighted by molar-refractivity contribution is -0.119. The predicted molar refractivity (Wildman–Crippen MR) is 101 cm³/mol. The fraction of sp³-hybridized carbons (Fsp3) is 0.526. The molecule has 1 saturated carbocycles. The van der Waals surface area contributed by atoms with Crippen LogP contribution in [-0.4, -0.2) is 26.4 Å². The average molecular weight is 359 g/mol.